The van der Waals surface area contributed by atoms with Crippen molar-refractivity contribution in [2.24, 2.45) is 5.10 Å². The van der Waals surface area contributed by atoms with E-state index in [0.29, 0.717) is 9.90 Å². The SMILES string of the molecule is Cc1scc(C(=O)NN=Cc2ccc(Cl)s2)c1C. The zero-order chi connectivity index (χ0) is 13.1. The van der Waals surface area contributed by atoms with Crippen LogP contribution in [0.3, 0.4) is 0 Å². The van der Waals surface area contributed by atoms with Gasteiger partial charge in [0.25, 0.3) is 5.91 Å². The average Bonchev–Trinajstić information content (AvgIpc) is 2.87. The van der Waals surface area contributed by atoms with Crippen LogP contribution in [0.4, 0.5) is 0 Å². The summed E-state index contributed by atoms with van der Waals surface area (Å²) < 4.78 is 0.701. The molecule has 1 N–H and O–H groups in total. The van der Waals surface area contributed by atoms with Crippen LogP contribution in [0.1, 0.15) is 25.7 Å². The van der Waals surface area contributed by atoms with Crippen molar-refractivity contribution < 1.29 is 4.79 Å². The van der Waals surface area contributed by atoms with Gasteiger partial charge in [-0.05, 0) is 31.5 Å². The predicted molar refractivity (Wildman–Crippen MR) is 78.2 cm³/mol. The van der Waals surface area contributed by atoms with E-state index in [4.69, 9.17) is 11.6 Å². The van der Waals surface area contributed by atoms with E-state index in [1.54, 1.807) is 23.6 Å². The molecule has 0 radical (unpaired) electrons. The molecular formula is C12H11ClN2OS2. The molecule has 0 aliphatic rings. The van der Waals surface area contributed by atoms with Gasteiger partial charge in [-0.2, -0.15) is 5.10 Å². The van der Waals surface area contributed by atoms with Crippen molar-refractivity contribution in [1.29, 1.82) is 0 Å². The van der Waals surface area contributed by atoms with Gasteiger partial charge in [0.2, 0.25) is 0 Å². The largest absolute Gasteiger partial charge is 0.272 e. The van der Waals surface area contributed by atoms with E-state index in [9.17, 15) is 4.79 Å². The molecule has 6 heteroatoms. The lowest BCUT2D eigenvalue weighted by atomic mass is 10.2. The maximum Gasteiger partial charge on any atom is 0.272 e. The second-order valence-corrected chi connectivity index (χ2v) is 6.50. The van der Waals surface area contributed by atoms with Crippen molar-refractivity contribution >= 4 is 46.4 Å². The Hall–Kier alpha value is -1.17. The summed E-state index contributed by atoms with van der Waals surface area (Å²) in [7, 11) is 0. The molecule has 0 saturated carbocycles. The van der Waals surface area contributed by atoms with Gasteiger partial charge in [-0.25, -0.2) is 5.43 Å². The van der Waals surface area contributed by atoms with Gasteiger partial charge in [-0.15, -0.1) is 22.7 Å². The van der Waals surface area contributed by atoms with Crippen LogP contribution < -0.4 is 5.43 Å². The number of hydrogen-bond acceptors (Lipinski definition) is 4. The number of hydrogen-bond donors (Lipinski definition) is 1. The number of amides is 1. The molecule has 94 valence electrons. The van der Waals surface area contributed by atoms with Crippen LogP contribution >= 0.6 is 34.3 Å². The lowest BCUT2D eigenvalue weighted by molar-refractivity contribution is 0.0955. The highest BCUT2D eigenvalue weighted by Crippen LogP contribution is 2.21. The van der Waals surface area contributed by atoms with Gasteiger partial charge in [0, 0.05) is 15.1 Å². The monoisotopic (exact) mass is 298 g/mol. The van der Waals surface area contributed by atoms with Crippen molar-refractivity contribution in [1.82, 2.24) is 5.43 Å². The molecule has 1 amide bonds. The number of carbonyl (C=O) groups is 1. The maximum atomic E-state index is 11.8. The summed E-state index contributed by atoms with van der Waals surface area (Å²) in [6.07, 6.45) is 1.59. The van der Waals surface area contributed by atoms with E-state index in [1.165, 1.54) is 11.3 Å². The summed E-state index contributed by atoms with van der Waals surface area (Å²) in [5.41, 5.74) is 4.20. The summed E-state index contributed by atoms with van der Waals surface area (Å²) in [4.78, 5) is 13.9. The molecule has 2 heterocycles. The van der Waals surface area contributed by atoms with Gasteiger partial charge < -0.3 is 0 Å². The highest BCUT2D eigenvalue weighted by atomic mass is 35.5. The Bertz CT molecular complexity index is 601. The molecule has 3 nitrogen and oxygen atoms in total. The summed E-state index contributed by atoms with van der Waals surface area (Å²) in [6.45, 7) is 3.93. The third-order valence-corrected chi connectivity index (χ3v) is 4.66. The van der Waals surface area contributed by atoms with Crippen LogP contribution in [-0.2, 0) is 0 Å². The molecule has 0 aliphatic carbocycles. The highest BCUT2D eigenvalue weighted by molar-refractivity contribution is 7.17. The number of carbonyl (C=O) groups excluding carboxylic acids is 1. The summed E-state index contributed by atoms with van der Waals surface area (Å²) in [6, 6.07) is 3.64. The van der Waals surface area contributed by atoms with Crippen molar-refractivity contribution in [2.75, 3.05) is 0 Å². The van der Waals surface area contributed by atoms with Gasteiger partial charge in [-0.1, -0.05) is 11.6 Å². The van der Waals surface area contributed by atoms with Gasteiger partial charge in [0.1, 0.15) is 0 Å². The van der Waals surface area contributed by atoms with Crippen LogP contribution in [-0.4, -0.2) is 12.1 Å². The van der Waals surface area contributed by atoms with Crippen LogP contribution in [0.5, 0.6) is 0 Å². The molecule has 2 aromatic rings. The van der Waals surface area contributed by atoms with E-state index < -0.39 is 0 Å². The number of halogens is 1. The summed E-state index contributed by atoms with van der Waals surface area (Å²) in [5.74, 6) is -0.184. The molecule has 0 saturated heterocycles. The summed E-state index contributed by atoms with van der Waals surface area (Å²) >= 11 is 8.77. The first-order valence-corrected chi connectivity index (χ1v) is 7.29. The number of rotatable bonds is 3. The molecule has 0 unspecified atom stereocenters. The fourth-order valence-corrected chi connectivity index (χ4v) is 3.15. The zero-order valence-electron chi connectivity index (χ0n) is 9.86. The third kappa shape index (κ3) is 2.98. The third-order valence-electron chi connectivity index (χ3n) is 2.48. The standard InChI is InChI=1S/C12H11ClN2OS2/c1-7-8(2)17-6-10(7)12(16)15-14-5-9-3-4-11(13)18-9/h3-6H,1-2H3,(H,15,16). The molecule has 0 bridgehead atoms. The minimum atomic E-state index is -0.184. The topological polar surface area (TPSA) is 41.5 Å². The van der Waals surface area contributed by atoms with E-state index in [2.05, 4.69) is 10.5 Å². The van der Waals surface area contributed by atoms with E-state index >= 15 is 0 Å². The molecule has 0 spiro atoms. The fraction of sp³-hybridized carbons (Fsp3) is 0.167. The van der Waals surface area contributed by atoms with Crippen molar-refractivity contribution in [3.05, 3.63) is 42.7 Å². The van der Waals surface area contributed by atoms with Crippen LogP contribution in [0.2, 0.25) is 4.34 Å². The van der Waals surface area contributed by atoms with Gasteiger partial charge >= 0.3 is 0 Å². The van der Waals surface area contributed by atoms with Crippen molar-refractivity contribution in [3.8, 4) is 0 Å². The number of aryl methyl sites for hydroxylation is 1. The van der Waals surface area contributed by atoms with Gasteiger partial charge in [0.05, 0.1) is 16.1 Å². The normalized spacial score (nSPS) is 11.1. The minimum Gasteiger partial charge on any atom is -0.267 e. The lowest BCUT2D eigenvalue weighted by Gasteiger charge is -1.98. The quantitative estimate of drug-likeness (QED) is 0.679. The van der Waals surface area contributed by atoms with Crippen LogP contribution in [0, 0.1) is 13.8 Å². The van der Waals surface area contributed by atoms with Gasteiger partial charge in [-0.3, -0.25) is 4.79 Å². The Morgan fingerprint density at radius 2 is 2.22 bits per heavy atom. The Morgan fingerprint density at radius 3 is 2.78 bits per heavy atom. The first-order valence-electron chi connectivity index (χ1n) is 5.21. The predicted octanol–water partition coefficient (Wildman–Crippen LogP) is 3.84. The Labute approximate surface area is 118 Å². The van der Waals surface area contributed by atoms with Crippen molar-refractivity contribution in [2.45, 2.75) is 13.8 Å². The number of nitrogens with one attached hydrogen (secondary N) is 1. The van der Waals surface area contributed by atoms with Crippen LogP contribution in [0.25, 0.3) is 0 Å². The molecule has 18 heavy (non-hydrogen) atoms. The smallest absolute Gasteiger partial charge is 0.267 e. The number of hydrazone groups is 1. The molecular weight excluding hydrogens is 288 g/mol. The minimum absolute atomic E-state index is 0.184. The molecule has 0 fully saturated rings. The van der Waals surface area contributed by atoms with E-state index in [-0.39, 0.29) is 5.91 Å². The second-order valence-electron chi connectivity index (χ2n) is 3.67. The molecule has 0 aromatic carbocycles. The molecule has 0 atom stereocenters. The second kappa shape index (κ2) is 5.65. The lowest BCUT2D eigenvalue weighted by Crippen LogP contribution is -2.17. The highest BCUT2D eigenvalue weighted by Gasteiger charge is 2.11. The first-order chi connectivity index (χ1) is 8.58. The first kappa shape index (κ1) is 13.3. The Morgan fingerprint density at radius 1 is 1.44 bits per heavy atom. The fourth-order valence-electron chi connectivity index (χ4n) is 1.35. The van der Waals surface area contributed by atoms with Crippen molar-refractivity contribution in [3.63, 3.8) is 0 Å². The van der Waals surface area contributed by atoms with Crippen LogP contribution in [0.15, 0.2) is 22.6 Å². The molecule has 0 aliphatic heterocycles. The zero-order valence-corrected chi connectivity index (χ0v) is 12.2. The number of thiophene rings is 2. The average molecular weight is 299 g/mol. The van der Waals surface area contributed by atoms with E-state index in [0.717, 1.165) is 15.3 Å². The molecule has 2 aromatic heterocycles. The van der Waals surface area contributed by atoms with Gasteiger partial charge in [0.15, 0.2) is 0 Å². The number of nitrogens with zero attached hydrogens (tertiary/aromatic N) is 1. The summed E-state index contributed by atoms with van der Waals surface area (Å²) in [5, 5.41) is 5.76. The Balaban J connectivity index is 2.00. The molecule has 2 rings (SSSR count). The van der Waals surface area contributed by atoms with E-state index in [1.807, 2.05) is 25.3 Å². The maximum absolute atomic E-state index is 11.8. The Kier molecular flexibility index (Phi) is 4.16.